The zero-order chi connectivity index (χ0) is 28.2. The van der Waals surface area contributed by atoms with Gasteiger partial charge in [0.25, 0.3) is 0 Å². The minimum absolute atomic E-state index is 0. The van der Waals surface area contributed by atoms with Crippen LogP contribution in [0.1, 0.15) is 85.2 Å². The lowest BCUT2D eigenvalue weighted by molar-refractivity contribution is -0.137. The number of carbonyl (C=O) groups excluding carboxylic acids is 2. The van der Waals surface area contributed by atoms with Crippen molar-refractivity contribution in [3.63, 3.8) is 0 Å². The van der Waals surface area contributed by atoms with Crippen molar-refractivity contribution in [3.8, 4) is 0 Å². The minimum Gasteiger partial charge on any atom is -0.481 e. The summed E-state index contributed by atoms with van der Waals surface area (Å²) in [5, 5.41) is 8.64. The number of methoxy groups -OCH3 is 2. The number of aryl methyl sites for hydroxylation is 2. The van der Waals surface area contributed by atoms with E-state index in [2.05, 4.69) is 24.3 Å². The monoisotopic (exact) mass is 545 g/mol. The van der Waals surface area contributed by atoms with Crippen LogP contribution < -0.4 is 0 Å². The number of hydrogen-bond acceptors (Lipinski definition) is 5. The number of ether oxygens (including phenoxy) is 2. The smallest absolute Gasteiger partial charge is 0.303 e. The Morgan fingerprint density at radius 3 is 1.74 bits per heavy atom. The molecule has 2 rings (SSSR count). The number of unbranched alkanes of at least 4 members (excludes halogenated alkanes) is 2. The first-order valence-electron chi connectivity index (χ1n) is 13.6. The summed E-state index contributed by atoms with van der Waals surface area (Å²) in [5.74, 6) is -0.516. The average Bonchev–Trinajstić information content (AvgIpc) is 2.91. The van der Waals surface area contributed by atoms with Crippen LogP contribution in [-0.2, 0) is 36.7 Å². The maximum absolute atomic E-state index is 12.0. The quantitative estimate of drug-likeness (QED) is 0.197. The van der Waals surface area contributed by atoms with Gasteiger partial charge in [0.05, 0.1) is 12.2 Å². The van der Waals surface area contributed by atoms with E-state index in [0.717, 1.165) is 44.9 Å². The molecule has 0 heterocycles. The van der Waals surface area contributed by atoms with Gasteiger partial charge in [-0.05, 0) is 63.5 Å². The Hall–Kier alpha value is -2.83. The standard InChI is InChI=1S/C19H28O4.C13H18O2.CH4.H2/c1-15(20)17(11-7-4-8-12-19(21)22)18(23-2)14-13-16-9-5-3-6-10-16;1-11(14)10-13(15-2)9-8-12-6-4-3-5-7-12;;/h3,5-6,9-10,17-18H,4,7-8,11-14H2,1-2H3,(H,21,22);3-7,13H,8-10H2,1-2H3;1H4;1H/i;;;1+1. The maximum Gasteiger partial charge on any atom is 0.303 e. The third-order valence-corrected chi connectivity index (χ3v) is 6.69. The van der Waals surface area contributed by atoms with Crippen molar-refractivity contribution in [2.45, 2.75) is 97.7 Å². The molecular weight excluding hydrogens is 492 g/mol. The summed E-state index contributed by atoms with van der Waals surface area (Å²) in [4.78, 5) is 33.4. The first-order chi connectivity index (χ1) is 18.3. The molecule has 6 heteroatoms. The van der Waals surface area contributed by atoms with Crippen molar-refractivity contribution in [2.24, 2.45) is 5.92 Å². The zero-order valence-corrected chi connectivity index (χ0v) is 23.6. The normalized spacial score (nSPS) is 12.7. The van der Waals surface area contributed by atoms with Crippen molar-refractivity contribution in [1.82, 2.24) is 0 Å². The van der Waals surface area contributed by atoms with Crippen molar-refractivity contribution >= 4 is 17.5 Å². The fraction of sp³-hybridized carbons (Fsp3) is 0.545. The molecule has 3 atom stereocenters. The summed E-state index contributed by atoms with van der Waals surface area (Å²) in [6.45, 7) is 3.23. The van der Waals surface area contributed by atoms with E-state index in [1.807, 2.05) is 36.4 Å². The van der Waals surface area contributed by atoms with Gasteiger partial charge in [-0.1, -0.05) is 80.9 Å². The van der Waals surface area contributed by atoms with Crippen LogP contribution in [0, 0.1) is 5.92 Å². The van der Waals surface area contributed by atoms with Gasteiger partial charge in [-0.25, -0.2) is 0 Å². The second-order valence-electron chi connectivity index (χ2n) is 9.80. The van der Waals surface area contributed by atoms with Gasteiger partial charge in [0, 0.05) is 34.4 Å². The summed E-state index contributed by atoms with van der Waals surface area (Å²) < 4.78 is 10.8. The molecule has 6 nitrogen and oxygen atoms in total. The molecule has 0 aromatic heterocycles. The first-order valence-corrected chi connectivity index (χ1v) is 13.6. The van der Waals surface area contributed by atoms with Crippen molar-refractivity contribution in [2.75, 3.05) is 14.2 Å². The number of Topliss-reactive ketones (excluding diaryl/α,β-unsaturated/α-hetero) is 2. The van der Waals surface area contributed by atoms with E-state index in [0.29, 0.717) is 12.8 Å². The van der Waals surface area contributed by atoms with E-state index in [-0.39, 0.29) is 45.0 Å². The van der Waals surface area contributed by atoms with E-state index >= 15 is 0 Å². The second kappa shape index (κ2) is 22.0. The van der Waals surface area contributed by atoms with Gasteiger partial charge in [-0.2, -0.15) is 0 Å². The number of hydrogen-bond donors (Lipinski definition) is 1. The molecule has 0 aliphatic rings. The molecule has 39 heavy (non-hydrogen) atoms. The molecule has 0 saturated carbocycles. The highest BCUT2D eigenvalue weighted by atomic mass is 16.5. The third kappa shape index (κ3) is 17.4. The first kappa shape index (κ1) is 36.2. The fourth-order valence-electron chi connectivity index (χ4n) is 4.50. The Balaban J connectivity index is 0. The predicted octanol–water partition coefficient (Wildman–Crippen LogP) is 7.37. The number of aliphatic carboxylic acids is 1. The van der Waals surface area contributed by atoms with Crippen LogP contribution in [0.3, 0.4) is 0 Å². The van der Waals surface area contributed by atoms with Gasteiger partial charge in [0.2, 0.25) is 0 Å². The summed E-state index contributed by atoms with van der Waals surface area (Å²) >= 11 is 0. The zero-order valence-electron chi connectivity index (χ0n) is 23.6. The van der Waals surface area contributed by atoms with Crippen LogP contribution in [0.5, 0.6) is 0 Å². The Kier molecular flexibility index (Phi) is 20.4. The van der Waals surface area contributed by atoms with E-state index in [1.54, 1.807) is 28.1 Å². The second-order valence-corrected chi connectivity index (χ2v) is 9.80. The maximum atomic E-state index is 12.0. The fourth-order valence-corrected chi connectivity index (χ4v) is 4.50. The summed E-state index contributed by atoms with van der Waals surface area (Å²) in [6.07, 6.45) is 7.41. The van der Waals surface area contributed by atoms with E-state index < -0.39 is 5.97 Å². The highest BCUT2D eigenvalue weighted by molar-refractivity contribution is 5.78. The van der Waals surface area contributed by atoms with Gasteiger partial charge < -0.3 is 14.6 Å². The topological polar surface area (TPSA) is 89.9 Å². The van der Waals surface area contributed by atoms with Gasteiger partial charge in [0.1, 0.15) is 11.6 Å². The number of benzene rings is 2. The largest absolute Gasteiger partial charge is 0.481 e. The summed E-state index contributed by atoms with van der Waals surface area (Å²) in [7, 11) is 3.33. The van der Waals surface area contributed by atoms with Crippen LogP contribution in [0.2, 0.25) is 0 Å². The number of carbonyl (C=O) groups is 3. The molecule has 0 radical (unpaired) electrons. The predicted molar refractivity (Wildman–Crippen MR) is 160 cm³/mol. The average molecular weight is 546 g/mol. The van der Waals surface area contributed by atoms with Crippen molar-refractivity contribution in [3.05, 3.63) is 71.8 Å². The lowest BCUT2D eigenvalue weighted by Gasteiger charge is -2.24. The highest BCUT2D eigenvalue weighted by Gasteiger charge is 2.25. The molecule has 0 fully saturated rings. The van der Waals surface area contributed by atoms with Crippen LogP contribution in [0.15, 0.2) is 60.7 Å². The van der Waals surface area contributed by atoms with Crippen molar-refractivity contribution < 1.29 is 30.4 Å². The van der Waals surface area contributed by atoms with Crippen LogP contribution in [-0.4, -0.2) is 49.1 Å². The third-order valence-electron chi connectivity index (χ3n) is 6.69. The lowest BCUT2D eigenvalue weighted by atomic mass is 9.88. The van der Waals surface area contributed by atoms with Crippen molar-refractivity contribution in [1.29, 1.82) is 0 Å². The summed E-state index contributed by atoms with van der Waals surface area (Å²) in [6, 6.07) is 20.5. The molecule has 0 amide bonds. The molecule has 0 aliphatic heterocycles. The van der Waals surface area contributed by atoms with Gasteiger partial charge in [-0.3, -0.25) is 14.4 Å². The van der Waals surface area contributed by atoms with Crippen LogP contribution in [0.25, 0.3) is 0 Å². The molecule has 3 unspecified atom stereocenters. The van der Waals surface area contributed by atoms with E-state index in [9.17, 15) is 14.4 Å². The molecule has 220 valence electrons. The Labute approximate surface area is 237 Å². The van der Waals surface area contributed by atoms with Gasteiger partial charge in [0.15, 0.2) is 0 Å². The molecule has 0 aliphatic carbocycles. The Morgan fingerprint density at radius 1 is 0.769 bits per heavy atom. The summed E-state index contributed by atoms with van der Waals surface area (Å²) in [5.41, 5.74) is 2.54. The Bertz CT molecular complexity index is 919. The molecule has 0 bridgehead atoms. The van der Waals surface area contributed by atoms with Crippen LogP contribution >= 0.6 is 0 Å². The molecule has 0 saturated heterocycles. The molecule has 2 aromatic carbocycles. The van der Waals surface area contributed by atoms with E-state index in [1.165, 1.54) is 11.1 Å². The lowest BCUT2D eigenvalue weighted by Crippen LogP contribution is -2.29. The van der Waals surface area contributed by atoms with Crippen LogP contribution in [0.4, 0.5) is 0 Å². The van der Waals surface area contributed by atoms with Gasteiger partial charge >= 0.3 is 5.97 Å². The van der Waals surface area contributed by atoms with E-state index in [4.69, 9.17) is 14.6 Å². The SMILES string of the molecule is C.COC(CCc1ccccc1)C(CCCCCC(=O)O)C(C)=O.COC(CCc1ccccc1)CC(C)=O.[2HH]. The minimum atomic E-state index is -0.759. The molecule has 2 aromatic rings. The highest BCUT2D eigenvalue weighted by Crippen LogP contribution is 2.22. The number of carboxylic acids is 1. The number of ketones is 2. The molecular formula is C33H52O6. The number of carboxylic acid groups (broad SMARTS) is 1. The Morgan fingerprint density at radius 2 is 1.31 bits per heavy atom. The molecule has 0 spiro atoms. The number of rotatable bonds is 18. The molecule has 1 N–H and O–H groups in total. The van der Waals surface area contributed by atoms with Gasteiger partial charge in [-0.15, -0.1) is 0 Å².